The van der Waals surface area contributed by atoms with Crippen LogP contribution in [0.15, 0.2) is 18.3 Å². The van der Waals surface area contributed by atoms with E-state index in [0.29, 0.717) is 17.9 Å². The molecule has 1 N–H and O–H groups in total. The number of rotatable bonds is 1. The lowest BCUT2D eigenvalue weighted by Gasteiger charge is -2.18. The fraction of sp³-hybridized carbons (Fsp3) is 0.588. The van der Waals surface area contributed by atoms with Gasteiger partial charge >= 0.3 is 0 Å². The maximum atomic E-state index is 6.99. The zero-order chi connectivity index (χ0) is 16.0. The van der Waals surface area contributed by atoms with Crippen LogP contribution in [-0.2, 0) is 0 Å². The predicted octanol–water partition coefficient (Wildman–Crippen LogP) is 2.63. The van der Waals surface area contributed by atoms with Gasteiger partial charge in [-0.3, -0.25) is 0 Å². The molecule has 5 rings (SSSR count). The van der Waals surface area contributed by atoms with Gasteiger partial charge in [-0.1, -0.05) is 11.6 Å². The summed E-state index contributed by atoms with van der Waals surface area (Å²) in [6, 6.07) is 4.35. The van der Waals surface area contributed by atoms with Crippen LogP contribution in [0.2, 0.25) is 5.02 Å². The summed E-state index contributed by atoms with van der Waals surface area (Å²) in [6.45, 7) is 17.8. The molecule has 2 aliphatic carbocycles. The van der Waals surface area contributed by atoms with Gasteiger partial charge in [0.25, 0.3) is 0 Å². The van der Waals surface area contributed by atoms with Crippen molar-refractivity contribution in [1.82, 2.24) is 10.3 Å². The van der Waals surface area contributed by atoms with Gasteiger partial charge in [0, 0.05) is 37.4 Å². The molecule has 6 atom stereocenters. The summed E-state index contributed by atoms with van der Waals surface area (Å²) in [5, 5.41) is 3.97. The highest BCUT2D eigenvalue weighted by molar-refractivity contribution is 6.30. The molecule has 4 fully saturated rings. The summed E-state index contributed by atoms with van der Waals surface area (Å²) in [6.07, 6.45) is 1.73. The molecule has 0 amide bonds. The number of fused-ring (bicyclic) bond motifs is 2. The van der Waals surface area contributed by atoms with Crippen LogP contribution in [0.1, 0.15) is 0 Å². The van der Waals surface area contributed by atoms with Crippen LogP contribution in [0.4, 0.5) is 5.82 Å². The number of hydrogen-bond donors (Lipinski definition) is 1. The third kappa shape index (κ3) is 3.05. The first-order valence-corrected chi connectivity index (χ1v) is 8.41. The summed E-state index contributed by atoms with van der Waals surface area (Å²) >= 11 is 5.91. The number of aromatic nitrogens is 1. The average molecular weight is 364 g/mol. The highest BCUT2D eigenvalue weighted by Gasteiger charge is 2.62. The summed E-state index contributed by atoms with van der Waals surface area (Å²) in [5.74, 6) is 3.55. The Hall–Kier alpha value is -1.53. The second-order valence-corrected chi connectivity index (χ2v) is 7.23. The van der Waals surface area contributed by atoms with E-state index in [4.69, 9.17) is 24.7 Å². The van der Waals surface area contributed by atoms with Crippen molar-refractivity contribution in [3.63, 3.8) is 0 Å². The Labute approximate surface area is 153 Å². The average Bonchev–Trinajstić information content (AvgIpc) is 3.24. The van der Waals surface area contributed by atoms with Crippen molar-refractivity contribution in [3.8, 4) is 0 Å². The van der Waals surface area contributed by atoms with Gasteiger partial charge < -0.3 is 19.9 Å². The van der Waals surface area contributed by atoms with Crippen LogP contribution in [0.3, 0.4) is 0 Å². The molecule has 1 aromatic rings. The van der Waals surface area contributed by atoms with Gasteiger partial charge in [0.05, 0.1) is 23.7 Å². The van der Waals surface area contributed by atoms with Crippen molar-refractivity contribution in [2.45, 2.75) is 12.1 Å². The first-order valence-electron chi connectivity index (χ1n) is 8.03. The lowest BCUT2D eigenvalue weighted by molar-refractivity contribution is 0.713. The van der Waals surface area contributed by atoms with Crippen molar-refractivity contribution < 1.29 is 0 Å². The van der Waals surface area contributed by atoms with Gasteiger partial charge in [0.15, 0.2) is 0 Å². The number of nitrogens with zero attached hydrogens (tertiary/aromatic N) is 4. The maximum Gasteiger partial charge on any atom is 0.233 e. The molecule has 0 spiro atoms. The van der Waals surface area contributed by atoms with Crippen LogP contribution in [-0.4, -0.2) is 43.2 Å². The SMILES string of the molecule is Cl.[C-]#[N+]C1[C@H]2CN(c3cc(Cl)ccn3)C[C@@H]12.[C-]#[N+]C1[C@H]2CNC[C@@H]12. The minimum Gasteiger partial charge on any atom is -0.355 e. The van der Waals surface area contributed by atoms with Crippen LogP contribution in [0.25, 0.3) is 9.69 Å². The molecule has 0 bridgehead atoms. The molecule has 126 valence electrons. The fourth-order valence-electron chi connectivity index (χ4n) is 4.02. The maximum absolute atomic E-state index is 6.99. The molecule has 4 aliphatic rings. The van der Waals surface area contributed by atoms with Gasteiger partial charge in [-0.2, -0.15) is 0 Å². The van der Waals surface area contributed by atoms with Crippen molar-refractivity contribution >= 4 is 29.8 Å². The Bertz CT molecular complexity index is 675. The first kappa shape index (κ1) is 17.3. The molecule has 24 heavy (non-hydrogen) atoms. The second-order valence-electron chi connectivity index (χ2n) is 6.79. The van der Waals surface area contributed by atoms with Crippen LogP contribution in [0, 0.1) is 36.8 Å². The number of piperidine rings is 2. The predicted molar refractivity (Wildman–Crippen MR) is 96.3 cm³/mol. The molecule has 2 saturated heterocycles. The van der Waals surface area contributed by atoms with Crippen LogP contribution >= 0.6 is 24.0 Å². The molecular weight excluding hydrogens is 345 g/mol. The van der Waals surface area contributed by atoms with Crippen molar-refractivity contribution in [2.75, 3.05) is 31.1 Å². The second kappa shape index (κ2) is 6.76. The molecule has 2 aliphatic heterocycles. The van der Waals surface area contributed by atoms with Gasteiger partial charge in [0.1, 0.15) is 5.82 Å². The summed E-state index contributed by atoms with van der Waals surface area (Å²) < 4.78 is 0. The summed E-state index contributed by atoms with van der Waals surface area (Å²) in [4.78, 5) is 13.6. The number of nitrogens with one attached hydrogen (secondary N) is 1. The number of pyridine rings is 1. The Kier molecular flexibility index (Phi) is 4.88. The standard InChI is InChI=1S/C11H10ClN3.C6H8N2.ClH/c1-13-11-8-5-15(6-9(8)11)10-4-7(12)2-3-14-10;1-7-6-4-2-8-3-5(4)6;/h2-4,8-9,11H,5-6H2;4-6,8H,2-3H2;1H/t8-,9+,11?;4-,5+,6?;. The van der Waals surface area contributed by atoms with E-state index in [1.165, 1.54) is 0 Å². The van der Waals surface area contributed by atoms with E-state index in [1.807, 2.05) is 6.07 Å². The monoisotopic (exact) mass is 363 g/mol. The van der Waals surface area contributed by atoms with Gasteiger partial charge in [-0.25, -0.2) is 18.1 Å². The Balaban J connectivity index is 0.000000159. The van der Waals surface area contributed by atoms with Crippen LogP contribution < -0.4 is 10.2 Å². The van der Waals surface area contributed by atoms with E-state index in [-0.39, 0.29) is 18.4 Å². The zero-order valence-corrected chi connectivity index (χ0v) is 14.7. The van der Waals surface area contributed by atoms with E-state index in [2.05, 4.69) is 24.9 Å². The Morgan fingerprint density at radius 2 is 1.67 bits per heavy atom. The third-order valence-corrected chi connectivity index (χ3v) is 5.76. The Morgan fingerprint density at radius 3 is 2.17 bits per heavy atom. The molecule has 2 saturated carbocycles. The lowest BCUT2D eigenvalue weighted by atomic mass is 10.3. The summed E-state index contributed by atoms with van der Waals surface area (Å²) in [7, 11) is 0. The fourth-order valence-corrected chi connectivity index (χ4v) is 4.17. The molecule has 0 aromatic carbocycles. The van der Waals surface area contributed by atoms with E-state index in [1.54, 1.807) is 12.3 Å². The van der Waals surface area contributed by atoms with Crippen molar-refractivity contribution in [3.05, 3.63) is 46.2 Å². The zero-order valence-electron chi connectivity index (χ0n) is 13.1. The lowest BCUT2D eigenvalue weighted by Crippen LogP contribution is -2.25. The molecular formula is C17H19Cl2N5. The normalized spacial score (nSPS) is 36.9. The van der Waals surface area contributed by atoms with E-state index < -0.39 is 0 Å². The smallest absolute Gasteiger partial charge is 0.233 e. The number of hydrogen-bond acceptors (Lipinski definition) is 3. The minimum atomic E-state index is 0. The van der Waals surface area contributed by atoms with E-state index in [9.17, 15) is 0 Å². The molecule has 3 heterocycles. The van der Waals surface area contributed by atoms with Crippen LogP contribution in [0.5, 0.6) is 0 Å². The van der Waals surface area contributed by atoms with Gasteiger partial charge in [0.2, 0.25) is 12.1 Å². The highest BCUT2D eigenvalue weighted by Crippen LogP contribution is 2.48. The van der Waals surface area contributed by atoms with E-state index in [0.717, 1.165) is 48.9 Å². The van der Waals surface area contributed by atoms with E-state index >= 15 is 0 Å². The molecule has 7 heteroatoms. The van der Waals surface area contributed by atoms with Crippen molar-refractivity contribution in [2.24, 2.45) is 23.7 Å². The largest absolute Gasteiger partial charge is 0.355 e. The van der Waals surface area contributed by atoms with Gasteiger partial charge in [-0.05, 0) is 12.1 Å². The summed E-state index contributed by atoms with van der Waals surface area (Å²) in [5.41, 5.74) is 0. The number of anilines is 1. The number of halogens is 2. The Morgan fingerprint density at radius 1 is 1.08 bits per heavy atom. The minimum absolute atomic E-state index is 0. The first-order chi connectivity index (χ1) is 11.2. The molecule has 1 aromatic heterocycles. The highest BCUT2D eigenvalue weighted by atomic mass is 35.5. The van der Waals surface area contributed by atoms with Gasteiger partial charge in [-0.15, -0.1) is 12.4 Å². The molecule has 0 radical (unpaired) electrons. The van der Waals surface area contributed by atoms with Crippen molar-refractivity contribution in [1.29, 1.82) is 0 Å². The quantitative estimate of drug-likeness (QED) is 0.779. The molecule has 2 unspecified atom stereocenters. The molecule has 5 nitrogen and oxygen atoms in total. The topological polar surface area (TPSA) is 36.9 Å². The third-order valence-electron chi connectivity index (χ3n) is 5.52.